The first-order valence-electron chi connectivity index (χ1n) is 3.53. The Balaban J connectivity index is 2.62. The third-order valence-corrected chi connectivity index (χ3v) is 2.09. The molecule has 0 fully saturated rings. The van der Waals surface area contributed by atoms with E-state index in [-0.39, 0.29) is 10.6 Å². The zero-order valence-electron chi connectivity index (χ0n) is 6.70. The molecule has 0 aliphatic carbocycles. The summed E-state index contributed by atoms with van der Waals surface area (Å²) in [6, 6.07) is 0. The number of H-pyrrole nitrogens is 1. The predicted octanol–water partition coefficient (Wildman–Crippen LogP) is -0.365. The molecule has 0 amide bonds. The molecule has 0 aromatic carbocycles. The molecule has 1 rings (SSSR count). The smallest absolute Gasteiger partial charge is 0.338 e. The van der Waals surface area contributed by atoms with E-state index in [1.807, 2.05) is 0 Å². The second kappa shape index (κ2) is 4.22. The second-order valence-electron chi connectivity index (χ2n) is 2.27. The van der Waals surface area contributed by atoms with Crippen LogP contribution in [0.25, 0.3) is 0 Å². The molecule has 0 saturated carbocycles. The molecule has 0 aliphatic heterocycles. The molecule has 0 spiro atoms. The van der Waals surface area contributed by atoms with Gasteiger partial charge in [-0.2, -0.15) is 0 Å². The Hall–Kier alpha value is -0.880. The fraction of sp³-hybridized carbons (Fsp3) is 0.667. The Morgan fingerprint density at radius 1 is 1.58 bits per heavy atom. The molecule has 0 saturated heterocycles. The van der Waals surface area contributed by atoms with Crippen LogP contribution in [0.3, 0.4) is 0 Å². The van der Waals surface area contributed by atoms with Gasteiger partial charge in [0.05, 0.1) is 0 Å². The topological polar surface area (TPSA) is 64.1 Å². The molecule has 0 radical (unpaired) electrons. The normalized spacial score (nSPS) is 10.4. The van der Waals surface area contributed by atoms with E-state index in [9.17, 15) is 9.59 Å². The van der Waals surface area contributed by atoms with Crippen LogP contribution in [0, 0.1) is 0 Å². The minimum atomic E-state index is -0.332. The van der Waals surface area contributed by atoms with Crippen LogP contribution in [0.15, 0.2) is 9.59 Å². The lowest BCUT2D eigenvalue weighted by Gasteiger charge is -1.97. The number of aromatic nitrogens is 2. The van der Waals surface area contributed by atoms with Gasteiger partial charge in [-0.05, 0) is 6.42 Å². The highest BCUT2D eigenvalue weighted by molar-refractivity contribution is 7.02. The van der Waals surface area contributed by atoms with E-state index >= 15 is 0 Å². The molecule has 1 aromatic rings. The van der Waals surface area contributed by atoms with E-state index in [1.165, 1.54) is 4.57 Å². The van der Waals surface area contributed by atoms with E-state index in [2.05, 4.69) is 4.37 Å². The maximum Gasteiger partial charge on any atom is 0.338 e. The van der Waals surface area contributed by atoms with Crippen LogP contribution in [-0.2, 0) is 11.3 Å². The second-order valence-corrected chi connectivity index (χ2v) is 3.03. The van der Waals surface area contributed by atoms with Crippen molar-refractivity contribution in [1.29, 1.82) is 0 Å². The molecule has 1 aromatic heterocycles. The van der Waals surface area contributed by atoms with Gasteiger partial charge in [0, 0.05) is 31.8 Å². The van der Waals surface area contributed by atoms with Gasteiger partial charge in [0.25, 0.3) is 0 Å². The predicted molar refractivity (Wildman–Crippen MR) is 45.7 cm³/mol. The van der Waals surface area contributed by atoms with Crippen molar-refractivity contribution in [2.24, 2.45) is 0 Å². The number of nitrogens with one attached hydrogen (secondary N) is 1. The average Bonchev–Trinajstić information content (AvgIpc) is 2.35. The minimum absolute atomic E-state index is 0.240. The van der Waals surface area contributed by atoms with E-state index < -0.39 is 0 Å². The van der Waals surface area contributed by atoms with Crippen LogP contribution < -0.4 is 10.6 Å². The molecule has 68 valence electrons. The molecule has 1 heterocycles. The van der Waals surface area contributed by atoms with Crippen LogP contribution >= 0.6 is 11.5 Å². The minimum Gasteiger partial charge on any atom is -0.385 e. The van der Waals surface area contributed by atoms with Gasteiger partial charge < -0.3 is 4.74 Å². The van der Waals surface area contributed by atoms with Crippen LogP contribution in [0.5, 0.6) is 0 Å². The number of hydrogen-bond acceptors (Lipinski definition) is 4. The highest BCUT2D eigenvalue weighted by Crippen LogP contribution is 1.84. The van der Waals surface area contributed by atoms with Crippen LogP contribution in [0.1, 0.15) is 6.42 Å². The van der Waals surface area contributed by atoms with Gasteiger partial charge in [0.1, 0.15) is 0 Å². The van der Waals surface area contributed by atoms with Crippen molar-refractivity contribution >= 4 is 11.5 Å². The first-order valence-corrected chi connectivity index (χ1v) is 4.34. The molecule has 1 N–H and O–H groups in total. The van der Waals surface area contributed by atoms with Gasteiger partial charge in [-0.3, -0.25) is 9.17 Å². The molecular formula is C6H10N2O3S. The molecular weight excluding hydrogens is 180 g/mol. The maximum absolute atomic E-state index is 10.9. The van der Waals surface area contributed by atoms with Crippen molar-refractivity contribution in [1.82, 2.24) is 8.94 Å². The summed E-state index contributed by atoms with van der Waals surface area (Å²) in [6.07, 6.45) is 0.677. The standard InChI is InChI=1S/C6H10N2O3S/c1-11-4-2-3-8-5(9)7-12-6(8)10/h2-4H2,1H3,(H,7,9). The number of nitrogens with zero attached hydrogens (tertiary/aromatic N) is 1. The fourth-order valence-electron chi connectivity index (χ4n) is 0.840. The van der Waals surface area contributed by atoms with Crippen LogP contribution in [-0.4, -0.2) is 22.7 Å². The van der Waals surface area contributed by atoms with E-state index in [0.717, 1.165) is 11.5 Å². The monoisotopic (exact) mass is 190 g/mol. The molecule has 6 heteroatoms. The number of ether oxygens (including phenoxy) is 1. The van der Waals surface area contributed by atoms with Crippen molar-refractivity contribution in [3.63, 3.8) is 0 Å². The Bertz CT molecular complexity index is 310. The maximum atomic E-state index is 10.9. The Morgan fingerprint density at radius 3 is 2.83 bits per heavy atom. The molecule has 5 nitrogen and oxygen atoms in total. The highest BCUT2D eigenvalue weighted by atomic mass is 32.1. The van der Waals surface area contributed by atoms with Crippen molar-refractivity contribution < 1.29 is 4.74 Å². The van der Waals surface area contributed by atoms with Gasteiger partial charge in [-0.1, -0.05) is 0 Å². The van der Waals surface area contributed by atoms with Crippen molar-refractivity contribution in [3.05, 3.63) is 20.2 Å². The van der Waals surface area contributed by atoms with Crippen LogP contribution in [0.4, 0.5) is 0 Å². The first kappa shape index (κ1) is 9.21. The average molecular weight is 190 g/mol. The largest absolute Gasteiger partial charge is 0.385 e. The van der Waals surface area contributed by atoms with Crippen molar-refractivity contribution in [2.75, 3.05) is 13.7 Å². The summed E-state index contributed by atoms with van der Waals surface area (Å²) in [5.41, 5.74) is -0.332. The highest BCUT2D eigenvalue weighted by Gasteiger charge is 2.01. The SMILES string of the molecule is COCCCn1c(=O)[nH]sc1=O. The third kappa shape index (κ3) is 2.05. The van der Waals surface area contributed by atoms with Crippen LogP contribution in [0.2, 0.25) is 0 Å². The number of aromatic amines is 1. The fourth-order valence-corrected chi connectivity index (χ4v) is 1.41. The molecule has 0 bridgehead atoms. The Morgan fingerprint density at radius 2 is 2.33 bits per heavy atom. The summed E-state index contributed by atoms with van der Waals surface area (Å²) in [7, 11) is 1.58. The number of hydrogen-bond donors (Lipinski definition) is 1. The van der Waals surface area contributed by atoms with Gasteiger partial charge in [0.15, 0.2) is 0 Å². The summed E-state index contributed by atoms with van der Waals surface area (Å²) in [4.78, 5) is 21.6. The molecule has 0 unspecified atom stereocenters. The molecule has 0 aliphatic rings. The number of rotatable bonds is 4. The Kier molecular flexibility index (Phi) is 3.24. The molecule has 12 heavy (non-hydrogen) atoms. The van der Waals surface area contributed by atoms with Gasteiger partial charge in [-0.25, -0.2) is 9.36 Å². The summed E-state index contributed by atoms with van der Waals surface area (Å²) >= 11 is 0.818. The van der Waals surface area contributed by atoms with E-state index in [1.54, 1.807) is 7.11 Å². The zero-order valence-corrected chi connectivity index (χ0v) is 7.52. The van der Waals surface area contributed by atoms with Gasteiger partial charge >= 0.3 is 10.6 Å². The van der Waals surface area contributed by atoms with Crippen molar-refractivity contribution in [3.8, 4) is 0 Å². The van der Waals surface area contributed by atoms with Gasteiger partial charge in [-0.15, -0.1) is 0 Å². The van der Waals surface area contributed by atoms with E-state index in [4.69, 9.17) is 4.74 Å². The lowest BCUT2D eigenvalue weighted by Crippen LogP contribution is -2.26. The quantitative estimate of drug-likeness (QED) is 0.659. The first-order chi connectivity index (χ1) is 5.75. The van der Waals surface area contributed by atoms with Gasteiger partial charge in [0.2, 0.25) is 0 Å². The van der Waals surface area contributed by atoms with E-state index in [0.29, 0.717) is 19.6 Å². The number of methoxy groups -OCH3 is 1. The molecule has 0 atom stereocenters. The lowest BCUT2D eigenvalue weighted by molar-refractivity contribution is 0.189. The summed E-state index contributed by atoms with van der Waals surface area (Å²) in [5.74, 6) is 0. The Labute approximate surface area is 72.8 Å². The summed E-state index contributed by atoms with van der Waals surface area (Å²) < 4.78 is 8.33. The zero-order chi connectivity index (χ0) is 8.97. The summed E-state index contributed by atoms with van der Waals surface area (Å²) in [5, 5.41) is 0. The third-order valence-electron chi connectivity index (χ3n) is 1.42. The lowest BCUT2D eigenvalue weighted by atomic mass is 10.4. The summed E-state index contributed by atoms with van der Waals surface area (Å²) in [6.45, 7) is 0.979. The van der Waals surface area contributed by atoms with Crippen molar-refractivity contribution in [2.45, 2.75) is 13.0 Å².